The van der Waals surface area contributed by atoms with E-state index in [0.29, 0.717) is 54.3 Å². The summed E-state index contributed by atoms with van der Waals surface area (Å²) in [6.45, 7) is 0.617. The second-order valence-corrected chi connectivity index (χ2v) is 11.2. The van der Waals surface area contributed by atoms with Crippen LogP contribution in [-0.4, -0.2) is 95.3 Å². The van der Waals surface area contributed by atoms with E-state index in [1.165, 1.54) is 7.11 Å². The highest BCUT2D eigenvalue weighted by molar-refractivity contribution is 5.96. The molecule has 228 valence electrons. The zero-order valence-electron chi connectivity index (χ0n) is 24.0. The van der Waals surface area contributed by atoms with Crippen molar-refractivity contribution < 1.29 is 39.1 Å². The van der Waals surface area contributed by atoms with Gasteiger partial charge in [0.1, 0.15) is 12.2 Å². The summed E-state index contributed by atoms with van der Waals surface area (Å²) < 4.78 is 17.4. The predicted octanol–water partition coefficient (Wildman–Crippen LogP) is 1.40. The molecular weight excluding hydrogens is 554 g/mol. The van der Waals surface area contributed by atoms with E-state index in [1.807, 2.05) is 24.3 Å². The lowest BCUT2D eigenvalue weighted by Gasteiger charge is -2.41. The summed E-state index contributed by atoms with van der Waals surface area (Å²) in [4.78, 5) is 32.6. The molecular formula is C32H37N3O8. The lowest BCUT2D eigenvalue weighted by Crippen LogP contribution is -2.57. The number of nitrogens with one attached hydrogen (secondary N) is 2. The highest BCUT2D eigenvalue weighted by Gasteiger charge is 2.52. The van der Waals surface area contributed by atoms with E-state index in [2.05, 4.69) is 16.4 Å². The van der Waals surface area contributed by atoms with Gasteiger partial charge in [-0.3, -0.25) is 9.59 Å². The van der Waals surface area contributed by atoms with Gasteiger partial charge in [-0.25, -0.2) is 0 Å². The van der Waals surface area contributed by atoms with Crippen LogP contribution >= 0.6 is 0 Å². The molecule has 1 fully saturated rings. The number of H-pyrrole nitrogens is 1. The van der Waals surface area contributed by atoms with Gasteiger partial charge in [0.25, 0.3) is 0 Å². The van der Waals surface area contributed by atoms with Crippen LogP contribution in [0.25, 0.3) is 10.9 Å². The summed E-state index contributed by atoms with van der Waals surface area (Å²) in [6, 6.07) is 12.5. The lowest BCUT2D eigenvalue weighted by atomic mass is 9.77. The molecule has 2 aromatic carbocycles. The number of hydrogen-bond acceptors (Lipinski definition) is 8. The number of fused-ring (bicyclic) bond motifs is 4. The summed E-state index contributed by atoms with van der Waals surface area (Å²) in [7, 11) is 1.49. The number of ether oxygens (including phenoxy) is 3. The Balaban J connectivity index is 1.39. The molecule has 3 heterocycles. The smallest absolute Gasteiger partial charge is 0.247 e. The average molecular weight is 592 g/mol. The second-order valence-electron chi connectivity index (χ2n) is 11.2. The van der Waals surface area contributed by atoms with Crippen LogP contribution in [-0.2, 0) is 27.4 Å². The van der Waals surface area contributed by atoms with Gasteiger partial charge in [0.2, 0.25) is 11.8 Å². The maximum Gasteiger partial charge on any atom is 0.247 e. The molecule has 0 radical (unpaired) electrons. The first-order valence-corrected chi connectivity index (χ1v) is 14.7. The molecule has 2 aliphatic heterocycles. The van der Waals surface area contributed by atoms with Crippen molar-refractivity contribution in [2.24, 2.45) is 5.92 Å². The third-order valence-corrected chi connectivity index (χ3v) is 8.62. The first kappa shape index (κ1) is 29.2. The van der Waals surface area contributed by atoms with Crippen LogP contribution in [0.15, 0.2) is 54.1 Å². The number of rotatable bonds is 10. The van der Waals surface area contributed by atoms with Gasteiger partial charge in [-0.1, -0.05) is 18.2 Å². The largest absolute Gasteiger partial charge is 0.493 e. The van der Waals surface area contributed by atoms with E-state index in [-0.39, 0.29) is 38.1 Å². The van der Waals surface area contributed by atoms with Crippen LogP contribution < -0.4 is 14.8 Å². The Hall–Kier alpha value is -3.90. The number of amides is 2. The zero-order valence-corrected chi connectivity index (χ0v) is 24.0. The molecule has 2 amide bonds. The number of carbonyl (C=O) groups excluding carboxylic acids is 2. The summed E-state index contributed by atoms with van der Waals surface area (Å²) >= 11 is 0. The van der Waals surface area contributed by atoms with Crippen molar-refractivity contribution in [1.29, 1.82) is 0 Å². The second kappa shape index (κ2) is 12.4. The summed E-state index contributed by atoms with van der Waals surface area (Å²) in [5, 5.41) is 35.0. The molecule has 11 heteroatoms. The first-order valence-electron chi connectivity index (χ1n) is 14.7. The molecule has 0 saturated carbocycles. The minimum atomic E-state index is -1.18. The number of aliphatic hydroxyl groups excluding tert-OH is 3. The Morgan fingerprint density at radius 1 is 1.19 bits per heavy atom. The van der Waals surface area contributed by atoms with Gasteiger partial charge < -0.3 is 44.7 Å². The van der Waals surface area contributed by atoms with Crippen molar-refractivity contribution in [2.75, 3.05) is 40.0 Å². The zero-order chi connectivity index (χ0) is 30.1. The Labute approximate surface area is 249 Å². The molecule has 1 aromatic heterocycles. The van der Waals surface area contributed by atoms with Crippen molar-refractivity contribution in [3.05, 3.63) is 70.9 Å². The van der Waals surface area contributed by atoms with Crippen LogP contribution in [0.4, 0.5) is 0 Å². The molecule has 43 heavy (non-hydrogen) atoms. The predicted molar refractivity (Wildman–Crippen MR) is 157 cm³/mol. The molecule has 11 nitrogen and oxygen atoms in total. The number of hydrogen-bond donors (Lipinski definition) is 5. The third-order valence-electron chi connectivity index (χ3n) is 8.62. The number of aliphatic hydroxyl groups is 3. The molecule has 0 spiro atoms. The van der Waals surface area contributed by atoms with Crippen molar-refractivity contribution in [3.8, 4) is 11.5 Å². The Kier molecular flexibility index (Phi) is 8.40. The topological polar surface area (TPSA) is 154 Å². The van der Waals surface area contributed by atoms with E-state index in [0.717, 1.165) is 16.6 Å². The normalized spacial score (nSPS) is 24.2. The van der Waals surface area contributed by atoms with Crippen molar-refractivity contribution >= 4 is 22.7 Å². The molecule has 0 bridgehead atoms. The number of nitrogens with zero attached hydrogens (tertiary/aromatic N) is 1. The Morgan fingerprint density at radius 2 is 2.02 bits per heavy atom. The van der Waals surface area contributed by atoms with E-state index in [4.69, 9.17) is 14.2 Å². The van der Waals surface area contributed by atoms with Gasteiger partial charge >= 0.3 is 0 Å². The quantitative estimate of drug-likeness (QED) is 0.237. The van der Waals surface area contributed by atoms with Gasteiger partial charge in [0, 0.05) is 48.5 Å². The minimum absolute atomic E-state index is 0.0386. The monoisotopic (exact) mass is 591 g/mol. The molecule has 1 unspecified atom stereocenters. The van der Waals surface area contributed by atoms with Crippen molar-refractivity contribution in [2.45, 2.75) is 43.6 Å². The molecule has 1 aliphatic carbocycles. The average Bonchev–Trinajstić information content (AvgIpc) is 3.79. The van der Waals surface area contributed by atoms with Gasteiger partial charge in [0.15, 0.2) is 11.5 Å². The number of aromatic amines is 1. The van der Waals surface area contributed by atoms with Crippen LogP contribution in [0, 0.1) is 5.92 Å². The number of benzene rings is 2. The molecule has 6 rings (SSSR count). The van der Waals surface area contributed by atoms with Crippen LogP contribution in [0.5, 0.6) is 11.5 Å². The third kappa shape index (κ3) is 5.49. The standard InChI is InChI=1S/C32H37N3O8/c1-41-26-13-18(16-37)12-22-27-23(31(39)33-8-10-36)15-25(28(38)30(27)43-29(22)26)35(32(40)20-7-11-42-17-20)9-6-21-14-19-4-2-3-5-24(19)34-21/h2-5,12-15,20,25,27-28,30,34,36-38H,6-11,16-17H2,1H3,(H,33,39)/t20?,25-,27+,28+,30+/m1/s1. The van der Waals surface area contributed by atoms with E-state index >= 15 is 0 Å². The maximum absolute atomic E-state index is 14.0. The van der Waals surface area contributed by atoms with Gasteiger partial charge in [-0.15, -0.1) is 0 Å². The fraction of sp³-hybridized carbons (Fsp3) is 0.438. The molecule has 3 aromatic rings. The summed E-state index contributed by atoms with van der Waals surface area (Å²) in [5.41, 5.74) is 3.44. The number of para-hydroxylation sites is 1. The first-order chi connectivity index (χ1) is 20.9. The van der Waals surface area contributed by atoms with E-state index in [1.54, 1.807) is 23.1 Å². The van der Waals surface area contributed by atoms with Crippen LogP contribution in [0.2, 0.25) is 0 Å². The fourth-order valence-electron chi connectivity index (χ4n) is 6.50. The molecule has 3 aliphatic rings. The number of carbonyl (C=O) groups is 2. The fourth-order valence-corrected chi connectivity index (χ4v) is 6.50. The molecule has 5 N–H and O–H groups in total. The highest BCUT2D eigenvalue weighted by Crippen LogP contribution is 2.51. The van der Waals surface area contributed by atoms with Crippen LogP contribution in [0.1, 0.15) is 29.2 Å². The summed E-state index contributed by atoms with van der Waals surface area (Å²) in [5.74, 6) is -0.862. The number of aromatic nitrogens is 1. The maximum atomic E-state index is 14.0. The van der Waals surface area contributed by atoms with E-state index < -0.39 is 30.1 Å². The van der Waals surface area contributed by atoms with Crippen molar-refractivity contribution in [1.82, 2.24) is 15.2 Å². The SMILES string of the molecule is COc1cc(CO)cc2c1O[C@@H]1[C@@H](O)[C@H](N(CCc3cc4ccccc4[nH]3)C(=O)C3CCOC3)C=C(C(=O)NCCO)[C@H]21. The van der Waals surface area contributed by atoms with Gasteiger partial charge in [-0.2, -0.15) is 0 Å². The van der Waals surface area contributed by atoms with Crippen molar-refractivity contribution in [3.63, 3.8) is 0 Å². The highest BCUT2D eigenvalue weighted by atomic mass is 16.5. The number of methoxy groups -OCH3 is 1. The molecule has 5 atom stereocenters. The Morgan fingerprint density at radius 3 is 2.74 bits per heavy atom. The summed E-state index contributed by atoms with van der Waals surface area (Å²) in [6.07, 6.45) is 0.662. The Bertz CT molecular complexity index is 1500. The molecule has 1 saturated heterocycles. The van der Waals surface area contributed by atoms with E-state index in [9.17, 15) is 24.9 Å². The van der Waals surface area contributed by atoms with Crippen LogP contribution in [0.3, 0.4) is 0 Å². The lowest BCUT2D eigenvalue weighted by molar-refractivity contribution is -0.141. The van der Waals surface area contributed by atoms with Gasteiger partial charge in [-0.05, 0) is 47.7 Å². The van der Waals surface area contributed by atoms with Gasteiger partial charge in [0.05, 0.1) is 44.8 Å². The minimum Gasteiger partial charge on any atom is -0.493 e.